The maximum Gasteiger partial charge on any atom is 0.357 e. The van der Waals surface area contributed by atoms with Crippen LogP contribution >= 0.6 is 11.3 Å². The van der Waals surface area contributed by atoms with E-state index in [1.54, 1.807) is 0 Å². The topological polar surface area (TPSA) is 76.2 Å². The zero-order chi connectivity index (χ0) is 8.43. The van der Waals surface area contributed by atoms with Gasteiger partial charge in [0, 0.05) is 0 Å². The van der Waals surface area contributed by atoms with Crippen molar-refractivity contribution in [2.75, 3.05) is 5.73 Å². The van der Waals surface area contributed by atoms with Crippen LogP contribution < -0.4 is 5.73 Å². The van der Waals surface area contributed by atoms with Crippen molar-refractivity contribution in [3.8, 4) is 0 Å². The summed E-state index contributed by atoms with van der Waals surface area (Å²) in [5.41, 5.74) is 5.37. The van der Waals surface area contributed by atoms with Crippen molar-refractivity contribution in [2.45, 2.75) is 13.3 Å². The van der Waals surface area contributed by atoms with E-state index in [4.69, 9.17) is 10.8 Å². The van der Waals surface area contributed by atoms with E-state index in [9.17, 15) is 4.79 Å². The van der Waals surface area contributed by atoms with E-state index in [0.29, 0.717) is 0 Å². The van der Waals surface area contributed by atoms with Crippen molar-refractivity contribution in [1.29, 1.82) is 0 Å². The summed E-state index contributed by atoms with van der Waals surface area (Å²) >= 11 is 1.23. The number of hydrogen-bond acceptors (Lipinski definition) is 4. The van der Waals surface area contributed by atoms with Crippen molar-refractivity contribution in [3.63, 3.8) is 0 Å². The number of carbonyl (C=O) groups is 1. The number of nitrogen functional groups attached to an aromatic ring is 1. The average molecular weight is 172 g/mol. The highest BCUT2D eigenvalue weighted by Gasteiger charge is 2.13. The van der Waals surface area contributed by atoms with Crippen molar-refractivity contribution >= 4 is 22.3 Å². The molecule has 0 saturated heterocycles. The number of thiazole rings is 1. The molecule has 11 heavy (non-hydrogen) atoms. The van der Waals surface area contributed by atoms with E-state index in [1.807, 2.05) is 6.92 Å². The van der Waals surface area contributed by atoms with Gasteiger partial charge in [0.2, 0.25) is 0 Å². The predicted octanol–water partition coefficient (Wildman–Crippen LogP) is 0.986. The smallest absolute Gasteiger partial charge is 0.357 e. The maximum atomic E-state index is 10.4. The summed E-state index contributed by atoms with van der Waals surface area (Å²) in [6.07, 6.45) is 0.724. The third kappa shape index (κ3) is 1.48. The van der Waals surface area contributed by atoms with Gasteiger partial charge in [-0.25, -0.2) is 9.78 Å². The van der Waals surface area contributed by atoms with Crippen LogP contribution in [0.5, 0.6) is 0 Å². The molecule has 0 spiro atoms. The number of carboxylic acid groups (broad SMARTS) is 1. The zero-order valence-electron chi connectivity index (χ0n) is 6.00. The first kappa shape index (κ1) is 8.00. The van der Waals surface area contributed by atoms with E-state index in [-0.39, 0.29) is 10.7 Å². The molecule has 0 radical (unpaired) electrons. The van der Waals surface area contributed by atoms with Crippen molar-refractivity contribution in [3.05, 3.63) is 10.7 Å². The van der Waals surface area contributed by atoms with Crippen LogP contribution in [0.25, 0.3) is 0 Å². The van der Waals surface area contributed by atoms with Crippen LogP contribution in [0.4, 0.5) is 5.00 Å². The van der Waals surface area contributed by atoms with E-state index < -0.39 is 5.97 Å². The van der Waals surface area contributed by atoms with Crippen LogP contribution in [0.15, 0.2) is 0 Å². The van der Waals surface area contributed by atoms with Crippen LogP contribution in [-0.4, -0.2) is 16.1 Å². The van der Waals surface area contributed by atoms with Gasteiger partial charge in [0.15, 0.2) is 5.69 Å². The molecule has 0 saturated carbocycles. The lowest BCUT2D eigenvalue weighted by Gasteiger charge is -1.85. The van der Waals surface area contributed by atoms with E-state index in [1.165, 1.54) is 11.3 Å². The van der Waals surface area contributed by atoms with Crippen molar-refractivity contribution in [1.82, 2.24) is 4.98 Å². The molecule has 0 fully saturated rings. The van der Waals surface area contributed by atoms with Gasteiger partial charge in [-0.05, 0) is 6.42 Å². The minimum Gasteiger partial charge on any atom is -0.476 e. The first-order valence-corrected chi connectivity index (χ1v) is 3.95. The number of carboxylic acids is 1. The second-order valence-electron chi connectivity index (χ2n) is 1.98. The lowest BCUT2D eigenvalue weighted by atomic mass is 10.4. The number of aryl methyl sites for hydroxylation is 1. The van der Waals surface area contributed by atoms with Gasteiger partial charge >= 0.3 is 5.97 Å². The third-order valence-corrected chi connectivity index (χ3v) is 2.23. The Bertz CT molecular complexity index is 282. The second-order valence-corrected chi connectivity index (χ2v) is 3.09. The molecule has 0 aromatic carbocycles. The van der Waals surface area contributed by atoms with Gasteiger partial charge in [0.05, 0.1) is 5.01 Å². The summed E-state index contributed by atoms with van der Waals surface area (Å²) in [6.45, 7) is 1.91. The molecule has 60 valence electrons. The number of rotatable bonds is 2. The molecule has 1 rings (SSSR count). The third-order valence-electron chi connectivity index (χ3n) is 1.20. The Morgan fingerprint density at radius 2 is 2.45 bits per heavy atom. The molecule has 3 N–H and O–H groups in total. The van der Waals surface area contributed by atoms with E-state index in [0.717, 1.165) is 11.4 Å². The number of anilines is 1. The summed E-state index contributed by atoms with van der Waals surface area (Å²) in [7, 11) is 0. The number of aromatic nitrogens is 1. The molecular formula is C6H8N2O2S. The molecule has 0 unspecified atom stereocenters. The number of hydrogen-bond donors (Lipinski definition) is 2. The van der Waals surface area contributed by atoms with Gasteiger partial charge in [0.1, 0.15) is 5.00 Å². The highest BCUT2D eigenvalue weighted by Crippen LogP contribution is 2.20. The van der Waals surface area contributed by atoms with Gasteiger partial charge in [-0.2, -0.15) is 0 Å². The monoisotopic (exact) mass is 172 g/mol. The van der Waals surface area contributed by atoms with Crippen molar-refractivity contribution in [2.24, 2.45) is 0 Å². The summed E-state index contributed by atoms with van der Waals surface area (Å²) in [5, 5.41) is 9.59. The Morgan fingerprint density at radius 1 is 1.82 bits per heavy atom. The molecular weight excluding hydrogens is 164 g/mol. The van der Waals surface area contributed by atoms with Crippen LogP contribution in [0.2, 0.25) is 0 Å². The van der Waals surface area contributed by atoms with Gasteiger partial charge < -0.3 is 10.8 Å². The lowest BCUT2D eigenvalue weighted by Crippen LogP contribution is -2.00. The maximum absolute atomic E-state index is 10.4. The SMILES string of the molecule is CCc1nc(C(=O)O)c(N)s1. The second kappa shape index (κ2) is 2.87. The van der Waals surface area contributed by atoms with Crippen LogP contribution in [0.3, 0.4) is 0 Å². The molecule has 0 amide bonds. The average Bonchev–Trinajstić information content (AvgIpc) is 2.30. The summed E-state index contributed by atoms with van der Waals surface area (Å²) < 4.78 is 0. The molecule has 5 heteroatoms. The number of nitrogens with two attached hydrogens (primary N) is 1. The largest absolute Gasteiger partial charge is 0.476 e. The molecule has 0 aliphatic rings. The van der Waals surface area contributed by atoms with E-state index >= 15 is 0 Å². The lowest BCUT2D eigenvalue weighted by molar-refractivity contribution is 0.0692. The summed E-state index contributed by atoms with van der Waals surface area (Å²) in [5.74, 6) is -1.06. The highest BCUT2D eigenvalue weighted by molar-refractivity contribution is 7.15. The molecule has 1 aromatic rings. The number of nitrogens with zero attached hydrogens (tertiary/aromatic N) is 1. The first-order valence-electron chi connectivity index (χ1n) is 3.13. The fraction of sp³-hybridized carbons (Fsp3) is 0.333. The number of aromatic carboxylic acids is 1. The van der Waals surface area contributed by atoms with Gasteiger partial charge in [-0.3, -0.25) is 0 Å². The Kier molecular flexibility index (Phi) is 2.09. The molecule has 4 nitrogen and oxygen atoms in total. The summed E-state index contributed by atoms with van der Waals surface area (Å²) in [6, 6.07) is 0. The van der Waals surface area contributed by atoms with Crippen LogP contribution in [0, 0.1) is 0 Å². The molecule has 0 aliphatic carbocycles. The molecule has 0 aliphatic heterocycles. The zero-order valence-corrected chi connectivity index (χ0v) is 6.81. The summed E-state index contributed by atoms with van der Waals surface area (Å²) in [4.78, 5) is 14.2. The Hall–Kier alpha value is -1.10. The Morgan fingerprint density at radius 3 is 2.73 bits per heavy atom. The van der Waals surface area contributed by atoms with E-state index in [2.05, 4.69) is 4.98 Å². The molecule has 1 heterocycles. The minimum absolute atomic E-state index is 0.0214. The Balaban J connectivity index is 3.07. The van der Waals surface area contributed by atoms with Gasteiger partial charge in [-0.1, -0.05) is 6.92 Å². The Labute approximate surface area is 67.7 Å². The highest BCUT2D eigenvalue weighted by atomic mass is 32.1. The minimum atomic E-state index is -1.06. The molecule has 0 bridgehead atoms. The fourth-order valence-electron chi connectivity index (χ4n) is 0.682. The first-order chi connectivity index (χ1) is 5.15. The van der Waals surface area contributed by atoms with Crippen LogP contribution in [-0.2, 0) is 6.42 Å². The quantitative estimate of drug-likeness (QED) is 0.697. The standard InChI is InChI=1S/C6H8N2O2S/c1-2-3-8-4(6(9)10)5(7)11-3/h2,7H2,1H3,(H,9,10). The molecule has 0 atom stereocenters. The fourth-order valence-corrected chi connectivity index (χ4v) is 1.45. The van der Waals surface area contributed by atoms with Gasteiger partial charge in [-0.15, -0.1) is 11.3 Å². The van der Waals surface area contributed by atoms with Gasteiger partial charge in [0.25, 0.3) is 0 Å². The molecule has 1 aromatic heterocycles. The predicted molar refractivity (Wildman–Crippen MR) is 42.9 cm³/mol. The normalized spacial score (nSPS) is 9.91. The van der Waals surface area contributed by atoms with Crippen LogP contribution in [0.1, 0.15) is 22.4 Å². The van der Waals surface area contributed by atoms with Crippen molar-refractivity contribution < 1.29 is 9.90 Å².